The normalized spacial score (nSPS) is 9.89. The van der Waals surface area contributed by atoms with Crippen molar-refractivity contribution in [3.8, 4) is 0 Å². The Hall–Kier alpha value is -0.640. The molecule has 0 aliphatic rings. The van der Waals surface area contributed by atoms with Gasteiger partial charge in [0.1, 0.15) is 0 Å². The molecule has 1 aromatic heterocycles. The summed E-state index contributed by atoms with van der Waals surface area (Å²) in [6.07, 6.45) is 3.42. The lowest BCUT2D eigenvalue weighted by molar-refractivity contribution is 0.668. The van der Waals surface area contributed by atoms with Crippen LogP contribution in [0.25, 0.3) is 0 Å². The number of thiol groups is 1. The largest absolute Gasteiger partial charge is 0.396 e. The van der Waals surface area contributed by atoms with Gasteiger partial charge in [0.2, 0.25) is 0 Å². The molecular weight excluding hydrogens is 134 g/mol. The number of nitrogens with two attached hydrogens (primary N) is 1. The van der Waals surface area contributed by atoms with Gasteiger partial charge in [-0.1, -0.05) is 0 Å². The van der Waals surface area contributed by atoms with E-state index in [2.05, 4.69) is 17.7 Å². The second kappa shape index (κ2) is 2.77. The molecule has 0 radical (unpaired) electrons. The van der Waals surface area contributed by atoms with Crippen molar-refractivity contribution in [1.29, 1.82) is 0 Å². The topological polar surface area (TPSA) is 43.8 Å². The fourth-order valence-corrected chi connectivity index (χ4v) is 0.809. The average Bonchev–Trinajstić information content (AvgIpc) is 2.17. The van der Waals surface area contributed by atoms with Gasteiger partial charge in [0.05, 0.1) is 11.9 Å². The molecule has 1 rings (SSSR count). The smallest absolute Gasteiger partial charge is 0.0719 e. The Balaban J connectivity index is 2.61. The predicted octanol–water partition coefficient (Wildman–Crippen LogP) is 0.395. The first kappa shape index (κ1) is 6.48. The molecule has 1 heterocycles. The number of aromatic nitrogens is 2. The van der Waals surface area contributed by atoms with E-state index in [9.17, 15) is 0 Å². The van der Waals surface area contributed by atoms with Crippen LogP contribution >= 0.6 is 12.6 Å². The van der Waals surface area contributed by atoms with Crippen molar-refractivity contribution in [3.63, 3.8) is 0 Å². The lowest BCUT2D eigenvalue weighted by atomic mass is 10.6. The van der Waals surface area contributed by atoms with Crippen LogP contribution in [-0.4, -0.2) is 15.5 Å². The standard InChI is InChI=1S/C5H9N3S/c6-5-3-7-8(4-5)1-2-9/h3-4,9H,1-2,6H2. The van der Waals surface area contributed by atoms with Gasteiger partial charge in [-0.2, -0.15) is 17.7 Å². The second-order valence-corrected chi connectivity index (χ2v) is 2.21. The molecule has 0 amide bonds. The highest BCUT2D eigenvalue weighted by atomic mass is 32.1. The lowest BCUT2D eigenvalue weighted by Crippen LogP contribution is -1.98. The fraction of sp³-hybridized carbons (Fsp3) is 0.400. The summed E-state index contributed by atoms with van der Waals surface area (Å²) in [5, 5.41) is 3.95. The SMILES string of the molecule is Nc1cnn(CCS)c1. The third-order valence-electron chi connectivity index (χ3n) is 0.982. The van der Waals surface area contributed by atoms with Gasteiger partial charge in [0.25, 0.3) is 0 Å². The molecule has 0 aliphatic heterocycles. The summed E-state index contributed by atoms with van der Waals surface area (Å²) in [5.41, 5.74) is 6.11. The van der Waals surface area contributed by atoms with E-state index in [0.29, 0.717) is 5.69 Å². The van der Waals surface area contributed by atoms with Crippen LogP contribution < -0.4 is 5.73 Å². The Kier molecular flexibility index (Phi) is 2.00. The Labute approximate surface area is 59.3 Å². The Morgan fingerprint density at radius 2 is 2.56 bits per heavy atom. The molecule has 3 nitrogen and oxygen atoms in total. The van der Waals surface area contributed by atoms with Crippen LogP contribution in [0.3, 0.4) is 0 Å². The molecule has 4 heteroatoms. The molecule has 0 saturated carbocycles. The maximum Gasteiger partial charge on any atom is 0.0719 e. The number of aryl methyl sites for hydroxylation is 1. The van der Waals surface area contributed by atoms with Gasteiger partial charge in [-0.25, -0.2) is 0 Å². The third-order valence-corrected chi connectivity index (χ3v) is 1.18. The van der Waals surface area contributed by atoms with Gasteiger partial charge in [0, 0.05) is 18.5 Å². The summed E-state index contributed by atoms with van der Waals surface area (Å²) in [6.45, 7) is 0.820. The number of hydrogen-bond donors (Lipinski definition) is 2. The summed E-state index contributed by atoms with van der Waals surface area (Å²) in [6, 6.07) is 0. The van der Waals surface area contributed by atoms with Crippen LogP contribution in [0.2, 0.25) is 0 Å². The van der Waals surface area contributed by atoms with E-state index in [0.717, 1.165) is 12.3 Å². The van der Waals surface area contributed by atoms with Crippen LogP contribution in [0, 0.1) is 0 Å². The van der Waals surface area contributed by atoms with Gasteiger partial charge in [-0.15, -0.1) is 0 Å². The minimum absolute atomic E-state index is 0.705. The zero-order valence-electron chi connectivity index (χ0n) is 4.99. The molecular formula is C5H9N3S. The number of anilines is 1. The Bertz CT molecular complexity index is 184. The highest BCUT2D eigenvalue weighted by Gasteiger charge is 1.89. The van der Waals surface area contributed by atoms with Gasteiger partial charge in [0.15, 0.2) is 0 Å². The van der Waals surface area contributed by atoms with Gasteiger partial charge in [-0.05, 0) is 0 Å². The first-order valence-electron chi connectivity index (χ1n) is 2.71. The highest BCUT2D eigenvalue weighted by Crippen LogP contribution is 1.96. The van der Waals surface area contributed by atoms with E-state index >= 15 is 0 Å². The zero-order chi connectivity index (χ0) is 6.69. The molecule has 2 N–H and O–H groups in total. The first-order valence-corrected chi connectivity index (χ1v) is 3.35. The van der Waals surface area contributed by atoms with Crippen molar-refractivity contribution in [2.75, 3.05) is 11.5 Å². The van der Waals surface area contributed by atoms with Crippen molar-refractivity contribution in [2.45, 2.75) is 6.54 Å². The van der Waals surface area contributed by atoms with Crippen molar-refractivity contribution in [2.24, 2.45) is 0 Å². The van der Waals surface area contributed by atoms with Crippen LogP contribution in [0.5, 0.6) is 0 Å². The number of nitrogen functional groups attached to an aromatic ring is 1. The molecule has 9 heavy (non-hydrogen) atoms. The van der Waals surface area contributed by atoms with E-state index in [1.54, 1.807) is 17.1 Å². The Morgan fingerprint density at radius 1 is 1.78 bits per heavy atom. The molecule has 50 valence electrons. The van der Waals surface area contributed by atoms with Gasteiger partial charge >= 0.3 is 0 Å². The third kappa shape index (κ3) is 1.64. The summed E-state index contributed by atoms with van der Waals surface area (Å²) >= 11 is 4.04. The zero-order valence-corrected chi connectivity index (χ0v) is 5.88. The number of hydrogen-bond acceptors (Lipinski definition) is 3. The van der Waals surface area contributed by atoms with E-state index < -0.39 is 0 Å². The molecule has 0 unspecified atom stereocenters. The Morgan fingerprint density at radius 3 is 3.00 bits per heavy atom. The van der Waals surface area contributed by atoms with Gasteiger partial charge < -0.3 is 5.73 Å². The minimum atomic E-state index is 0.705. The second-order valence-electron chi connectivity index (χ2n) is 1.76. The van der Waals surface area contributed by atoms with Crippen LogP contribution in [0.4, 0.5) is 5.69 Å². The van der Waals surface area contributed by atoms with E-state index in [1.807, 2.05) is 0 Å². The van der Waals surface area contributed by atoms with Crippen molar-refractivity contribution in [3.05, 3.63) is 12.4 Å². The molecule has 0 saturated heterocycles. The average molecular weight is 143 g/mol. The maximum absolute atomic E-state index is 5.40. The van der Waals surface area contributed by atoms with E-state index in [-0.39, 0.29) is 0 Å². The molecule has 0 aliphatic carbocycles. The molecule has 0 fully saturated rings. The number of rotatable bonds is 2. The summed E-state index contributed by atoms with van der Waals surface area (Å²) < 4.78 is 1.77. The molecule has 0 spiro atoms. The predicted molar refractivity (Wildman–Crippen MR) is 40.5 cm³/mol. The molecule has 0 bridgehead atoms. The van der Waals surface area contributed by atoms with Crippen molar-refractivity contribution < 1.29 is 0 Å². The summed E-state index contributed by atoms with van der Waals surface area (Å²) in [4.78, 5) is 0. The minimum Gasteiger partial charge on any atom is -0.396 e. The van der Waals surface area contributed by atoms with Crippen LogP contribution in [-0.2, 0) is 6.54 Å². The monoisotopic (exact) mass is 143 g/mol. The number of nitrogens with zero attached hydrogens (tertiary/aromatic N) is 2. The van der Waals surface area contributed by atoms with Gasteiger partial charge in [-0.3, -0.25) is 4.68 Å². The lowest BCUT2D eigenvalue weighted by Gasteiger charge is -1.92. The quantitative estimate of drug-likeness (QED) is 0.588. The maximum atomic E-state index is 5.40. The van der Waals surface area contributed by atoms with Crippen LogP contribution in [0.1, 0.15) is 0 Å². The molecule has 1 aromatic rings. The first-order chi connectivity index (χ1) is 4.33. The fourth-order valence-electron chi connectivity index (χ4n) is 0.604. The summed E-state index contributed by atoms with van der Waals surface area (Å²) in [5.74, 6) is 0.793. The van der Waals surface area contributed by atoms with E-state index in [1.165, 1.54) is 0 Å². The molecule has 0 atom stereocenters. The molecule has 0 aromatic carbocycles. The van der Waals surface area contributed by atoms with E-state index in [4.69, 9.17) is 5.73 Å². The highest BCUT2D eigenvalue weighted by molar-refractivity contribution is 7.80. The van der Waals surface area contributed by atoms with Crippen LogP contribution in [0.15, 0.2) is 12.4 Å². The van der Waals surface area contributed by atoms with Crippen molar-refractivity contribution in [1.82, 2.24) is 9.78 Å². The van der Waals surface area contributed by atoms with Crippen molar-refractivity contribution >= 4 is 18.3 Å². The summed E-state index contributed by atoms with van der Waals surface area (Å²) in [7, 11) is 0.